The van der Waals surface area contributed by atoms with Crippen LogP contribution in [-0.2, 0) is 25.8 Å². The van der Waals surface area contributed by atoms with Crippen molar-refractivity contribution in [2.45, 2.75) is 6.10 Å². The zero-order valence-corrected chi connectivity index (χ0v) is 8.10. The second-order valence-corrected chi connectivity index (χ2v) is 1.89. The SMILES string of the molecule is [CH2-]C1CN(C)C(=O)O1.[W]. The zero-order chi connectivity index (χ0) is 6.15. The molecule has 1 rings (SSSR count). The predicted molar refractivity (Wildman–Crippen MR) is 28.3 cm³/mol. The molecule has 1 aliphatic heterocycles. The normalized spacial score (nSPS) is 25.3. The number of carbonyl (C=O) groups excluding carboxylic acids is 1. The van der Waals surface area contributed by atoms with Crippen LogP contribution in [0.1, 0.15) is 0 Å². The summed E-state index contributed by atoms with van der Waals surface area (Å²) in [6.07, 6.45) is -0.447. The maximum absolute atomic E-state index is 10.4. The summed E-state index contributed by atoms with van der Waals surface area (Å²) in [5.74, 6) is 0. The maximum atomic E-state index is 10.4. The Morgan fingerprint density at radius 1 is 1.89 bits per heavy atom. The summed E-state index contributed by atoms with van der Waals surface area (Å²) in [6, 6.07) is 0. The summed E-state index contributed by atoms with van der Waals surface area (Å²) in [5.41, 5.74) is 0. The molecule has 0 spiro atoms. The molecule has 1 heterocycles. The molecule has 0 aromatic rings. The van der Waals surface area contributed by atoms with Crippen LogP contribution in [0, 0.1) is 6.92 Å². The van der Waals surface area contributed by atoms with Crippen LogP contribution < -0.4 is 0 Å². The molecular weight excluding hydrogens is 290 g/mol. The summed E-state index contributed by atoms with van der Waals surface area (Å²) < 4.78 is 4.65. The van der Waals surface area contributed by atoms with Gasteiger partial charge in [0.2, 0.25) is 0 Å². The van der Waals surface area contributed by atoms with Crippen molar-refractivity contribution >= 4 is 6.09 Å². The number of hydrogen-bond acceptors (Lipinski definition) is 2. The quantitative estimate of drug-likeness (QED) is 0.601. The van der Waals surface area contributed by atoms with Crippen molar-refractivity contribution in [2.75, 3.05) is 13.6 Å². The molecule has 1 aliphatic rings. The fourth-order valence-electron chi connectivity index (χ4n) is 0.650. The molecule has 0 aliphatic carbocycles. The van der Waals surface area contributed by atoms with Gasteiger partial charge in [0.15, 0.2) is 0 Å². The molecule has 1 amide bonds. The van der Waals surface area contributed by atoms with Crippen LogP contribution in [0.2, 0.25) is 0 Å². The molecule has 1 unspecified atom stereocenters. The molecule has 0 N–H and O–H groups in total. The van der Waals surface area contributed by atoms with Crippen molar-refractivity contribution in [1.29, 1.82) is 0 Å². The molecule has 0 saturated carbocycles. The molecule has 0 radical (unpaired) electrons. The van der Waals surface area contributed by atoms with Gasteiger partial charge in [-0.1, -0.05) is 0 Å². The van der Waals surface area contributed by atoms with Gasteiger partial charge in [0.1, 0.15) is 0 Å². The summed E-state index contributed by atoms with van der Waals surface area (Å²) in [7, 11) is 1.69. The van der Waals surface area contributed by atoms with Crippen molar-refractivity contribution < 1.29 is 30.6 Å². The van der Waals surface area contributed by atoms with Gasteiger partial charge in [-0.2, -0.15) is 0 Å². The minimum atomic E-state index is -0.273. The molecule has 1 fully saturated rings. The van der Waals surface area contributed by atoms with E-state index in [-0.39, 0.29) is 33.3 Å². The third-order valence-corrected chi connectivity index (χ3v) is 1.06. The molecule has 0 aromatic heterocycles. The van der Waals surface area contributed by atoms with E-state index in [0.717, 1.165) is 0 Å². The van der Waals surface area contributed by atoms with Gasteiger partial charge in [0.05, 0.1) is 0 Å². The smallest absolute Gasteiger partial charge is 0.407 e. The molecule has 1 atom stereocenters. The standard InChI is InChI=1S/C5H8NO2.W/c1-4-3-6(2)5(7)8-4;/h4H,1,3H2,2H3;/q-1;. The number of hydrogen-bond donors (Lipinski definition) is 0. The van der Waals surface area contributed by atoms with Gasteiger partial charge < -0.3 is 16.6 Å². The number of likely N-dealkylation sites (N-methyl/N-ethyl adjacent to an activating group) is 1. The minimum absolute atomic E-state index is 0. The summed E-state index contributed by atoms with van der Waals surface area (Å²) in [4.78, 5) is 11.9. The van der Waals surface area contributed by atoms with Crippen molar-refractivity contribution in [3.63, 3.8) is 0 Å². The predicted octanol–water partition coefficient (Wildman–Crippen LogP) is 0.269. The monoisotopic (exact) mass is 298 g/mol. The van der Waals surface area contributed by atoms with Gasteiger partial charge in [-0.15, -0.1) is 0 Å². The summed E-state index contributed by atoms with van der Waals surface area (Å²) in [6.45, 7) is 4.16. The Morgan fingerprint density at radius 3 is 2.56 bits per heavy atom. The molecule has 3 nitrogen and oxygen atoms in total. The van der Waals surface area contributed by atoms with Gasteiger partial charge >= 0.3 is 6.09 Å². The van der Waals surface area contributed by atoms with E-state index in [4.69, 9.17) is 0 Å². The largest absolute Gasteiger partial charge is 0.477 e. The number of carbonyl (C=O) groups is 1. The van der Waals surface area contributed by atoms with Gasteiger partial charge in [-0.3, -0.25) is 0 Å². The maximum Gasteiger partial charge on any atom is 0.407 e. The van der Waals surface area contributed by atoms with E-state index in [2.05, 4.69) is 11.7 Å². The molecule has 1 saturated heterocycles. The Kier molecular flexibility index (Phi) is 3.19. The first-order chi connectivity index (χ1) is 3.70. The number of amides is 1. The Hall–Kier alpha value is -0.0417. The van der Waals surface area contributed by atoms with Crippen LogP contribution in [0.4, 0.5) is 4.79 Å². The van der Waals surface area contributed by atoms with Gasteiger partial charge in [-0.25, -0.2) is 4.79 Å². The van der Waals surface area contributed by atoms with E-state index in [1.54, 1.807) is 7.05 Å². The van der Waals surface area contributed by atoms with Crippen LogP contribution in [0.5, 0.6) is 0 Å². The number of rotatable bonds is 0. The van der Waals surface area contributed by atoms with Crippen LogP contribution in [0.25, 0.3) is 0 Å². The van der Waals surface area contributed by atoms with Crippen LogP contribution in [0.15, 0.2) is 0 Å². The number of ether oxygens (including phenoxy) is 1. The van der Waals surface area contributed by atoms with Crippen molar-refractivity contribution in [2.24, 2.45) is 0 Å². The fraction of sp³-hybridized carbons (Fsp3) is 0.600. The van der Waals surface area contributed by atoms with Crippen molar-refractivity contribution in [3.05, 3.63) is 6.92 Å². The Bertz CT molecular complexity index is 118. The third kappa shape index (κ3) is 1.98. The third-order valence-electron chi connectivity index (χ3n) is 1.06. The minimum Gasteiger partial charge on any atom is -0.477 e. The van der Waals surface area contributed by atoms with Gasteiger partial charge in [0, 0.05) is 34.7 Å². The average Bonchev–Trinajstić information content (AvgIpc) is 1.85. The topological polar surface area (TPSA) is 29.5 Å². The Balaban J connectivity index is 0.000000640. The van der Waals surface area contributed by atoms with E-state index in [0.29, 0.717) is 6.54 Å². The van der Waals surface area contributed by atoms with E-state index in [9.17, 15) is 4.79 Å². The Labute approximate surface area is 68.6 Å². The molecule has 0 bridgehead atoms. The van der Waals surface area contributed by atoms with Gasteiger partial charge in [-0.05, 0) is 6.10 Å². The summed E-state index contributed by atoms with van der Waals surface area (Å²) in [5, 5.41) is 0. The molecular formula is C5H8NO2W-. The van der Waals surface area contributed by atoms with E-state index >= 15 is 0 Å². The molecule has 52 valence electrons. The summed E-state index contributed by atoms with van der Waals surface area (Å²) >= 11 is 0. The van der Waals surface area contributed by atoms with E-state index in [1.165, 1.54) is 4.90 Å². The van der Waals surface area contributed by atoms with E-state index in [1.807, 2.05) is 0 Å². The average molecular weight is 298 g/mol. The molecule has 9 heavy (non-hydrogen) atoms. The van der Waals surface area contributed by atoms with Gasteiger partial charge in [0.25, 0.3) is 0 Å². The zero-order valence-electron chi connectivity index (χ0n) is 5.16. The second kappa shape index (κ2) is 3.21. The van der Waals surface area contributed by atoms with Crippen LogP contribution in [-0.4, -0.2) is 30.7 Å². The number of cyclic esters (lactones) is 1. The molecule has 0 aromatic carbocycles. The molecule has 4 heteroatoms. The van der Waals surface area contributed by atoms with E-state index < -0.39 is 0 Å². The Morgan fingerprint density at radius 2 is 2.44 bits per heavy atom. The first-order valence-corrected chi connectivity index (χ1v) is 2.45. The first-order valence-electron chi connectivity index (χ1n) is 2.45. The van der Waals surface area contributed by atoms with Crippen LogP contribution in [0.3, 0.4) is 0 Å². The number of nitrogens with zero attached hydrogens (tertiary/aromatic N) is 1. The van der Waals surface area contributed by atoms with Crippen molar-refractivity contribution in [1.82, 2.24) is 4.90 Å². The first kappa shape index (κ1) is 8.96. The fourth-order valence-corrected chi connectivity index (χ4v) is 0.650. The second-order valence-electron chi connectivity index (χ2n) is 1.89. The van der Waals surface area contributed by atoms with Crippen molar-refractivity contribution in [3.8, 4) is 0 Å². The van der Waals surface area contributed by atoms with Crippen LogP contribution >= 0.6 is 0 Å².